The van der Waals surface area contributed by atoms with Crippen LogP contribution in [0.1, 0.15) is 46.0 Å². The molecular formula is C19H27N3O2. The fourth-order valence-electron chi connectivity index (χ4n) is 2.74. The van der Waals surface area contributed by atoms with E-state index in [0.717, 1.165) is 18.8 Å². The molecule has 0 radical (unpaired) electrons. The van der Waals surface area contributed by atoms with Crippen molar-refractivity contribution in [1.82, 2.24) is 15.1 Å². The molecule has 0 aliphatic heterocycles. The van der Waals surface area contributed by atoms with E-state index in [-0.39, 0.29) is 17.9 Å². The molecule has 0 saturated heterocycles. The molecule has 0 atom stereocenters. The van der Waals surface area contributed by atoms with E-state index in [9.17, 15) is 9.59 Å². The van der Waals surface area contributed by atoms with E-state index in [0.29, 0.717) is 17.4 Å². The Kier molecular flexibility index (Phi) is 6.97. The molecule has 0 bridgehead atoms. The molecule has 1 N–H and O–H groups in total. The average Bonchev–Trinajstić information content (AvgIpc) is 2.56. The van der Waals surface area contributed by atoms with Gasteiger partial charge in [0.25, 0.3) is 0 Å². The third-order valence-electron chi connectivity index (χ3n) is 4.09. The van der Waals surface area contributed by atoms with Crippen molar-refractivity contribution in [3.8, 4) is 0 Å². The molecule has 24 heavy (non-hydrogen) atoms. The highest BCUT2D eigenvalue weighted by atomic mass is 16.2. The molecule has 5 nitrogen and oxygen atoms in total. The molecule has 130 valence electrons. The number of rotatable bonds is 9. The molecule has 0 fully saturated rings. The summed E-state index contributed by atoms with van der Waals surface area (Å²) in [4.78, 5) is 23.8. The number of hydrogen-bond donors (Lipinski definition) is 1. The fourth-order valence-corrected chi connectivity index (χ4v) is 2.74. The predicted octanol–water partition coefficient (Wildman–Crippen LogP) is 3.12. The number of benzene rings is 1. The number of aromatic nitrogens is 2. The molecule has 0 aliphatic rings. The van der Waals surface area contributed by atoms with Gasteiger partial charge in [0.1, 0.15) is 6.54 Å². The normalized spacial score (nSPS) is 11.1. The van der Waals surface area contributed by atoms with Gasteiger partial charge in [0.15, 0.2) is 0 Å². The van der Waals surface area contributed by atoms with Crippen molar-refractivity contribution < 1.29 is 4.79 Å². The Balaban J connectivity index is 1.77. The third-order valence-corrected chi connectivity index (χ3v) is 4.09. The van der Waals surface area contributed by atoms with Gasteiger partial charge in [-0.25, -0.2) is 0 Å². The fraction of sp³-hybridized carbons (Fsp3) is 0.526. The van der Waals surface area contributed by atoms with Crippen LogP contribution in [0.5, 0.6) is 0 Å². The van der Waals surface area contributed by atoms with Crippen LogP contribution < -0.4 is 10.7 Å². The maximum Gasteiger partial charge on any atom is 0.241 e. The lowest BCUT2D eigenvalue weighted by atomic mass is 10.0. The second kappa shape index (κ2) is 9.21. The largest absolute Gasteiger partial charge is 0.354 e. The van der Waals surface area contributed by atoms with Gasteiger partial charge in [0, 0.05) is 11.9 Å². The summed E-state index contributed by atoms with van der Waals surface area (Å²) in [6.07, 6.45) is 7.18. The van der Waals surface area contributed by atoms with Gasteiger partial charge in [-0.2, -0.15) is 5.10 Å². The van der Waals surface area contributed by atoms with Crippen LogP contribution in [-0.2, 0) is 11.3 Å². The van der Waals surface area contributed by atoms with Gasteiger partial charge in [-0.1, -0.05) is 51.7 Å². The smallest absolute Gasteiger partial charge is 0.241 e. The number of para-hydroxylation sites is 1. The average molecular weight is 329 g/mol. The zero-order valence-corrected chi connectivity index (χ0v) is 14.6. The number of hydrogen-bond acceptors (Lipinski definition) is 3. The molecule has 0 spiro atoms. The molecular weight excluding hydrogens is 302 g/mol. The van der Waals surface area contributed by atoms with Crippen LogP contribution in [0.25, 0.3) is 10.9 Å². The second-order valence-corrected chi connectivity index (χ2v) is 6.63. The van der Waals surface area contributed by atoms with Gasteiger partial charge in [-0.15, -0.1) is 0 Å². The molecule has 2 aromatic rings. The van der Waals surface area contributed by atoms with Crippen molar-refractivity contribution in [3.63, 3.8) is 0 Å². The summed E-state index contributed by atoms with van der Waals surface area (Å²) in [7, 11) is 0. The van der Waals surface area contributed by atoms with Crippen molar-refractivity contribution in [3.05, 3.63) is 40.7 Å². The van der Waals surface area contributed by atoms with Gasteiger partial charge < -0.3 is 5.32 Å². The SMILES string of the molecule is CC(C)CCCCCCNC(=O)Cn1ncc(=O)c2ccccc21. The van der Waals surface area contributed by atoms with Crippen LogP contribution >= 0.6 is 0 Å². The van der Waals surface area contributed by atoms with Gasteiger partial charge in [0.05, 0.1) is 11.7 Å². The highest BCUT2D eigenvalue weighted by Gasteiger charge is 2.07. The number of carbonyl (C=O) groups excluding carboxylic acids is 1. The van der Waals surface area contributed by atoms with Gasteiger partial charge in [-0.3, -0.25) is 14.3 Å². The Bertz CT molecular complexity index is 722. The summed E-state index contributed by atoms with van der Waals surface area (Å²) in [5.74, 6) is 0.697. The molecule has 1 heterocycles. The Morgan fingerprint density at radius 1 is 1.17 bits per heavy atom. The maximum absolute atomic E-state index is 12.1. The predicted molar refractivity (Wildman–Crippen MR) is 96.9 cm³/mol. The molecule has 0 saturated carbocycles. The summed E-state index contributed by atoms with van der Waals surface area (Å²) >= 11 is 0. The first-order valence-corrected chi connectivity index (χ1v) is 8.79. The van der Waals surface area contributed by atoms with E-state index in [1.165, 1.54) is 25.5 Å². The van der Waals surface area contributed by atoms with Crippen molar-refractivity contribution in [2.45, 2.75) is 52.5 Å². The number of unbranched alkanes of at least 4 members (excludes halogenated alkanes) is 3. The number of nitrogens with zero attached hydrogens (tertiary/aromatic N) is 2. The Morgan fingerprint density at radius 2 is 1.92 bits per heavy atom. The Hall–Kier alpha value is -2.17. The number of amides is 1. The lowest BCUT2D eigenvalue weighted by molar-refractivity contribution is -0.121. The zero-order valence-electron chi connectivity index (χ0n) is 14.6. The first-order valence-electron chi connectivity index (χ1n) is 8.79. The van der Waals surface area contributed by atoms with Gasteiger partial charge >= 0.3 is 0 Å². The summed E-state index contributed by atoms with van der Waals surface area (Å²) in [6, 6.07) is 7.22. The molecule has 0 aliphatic carbocycles. The van der Waals surface area contributed by atoms with E-state index in [2.05, 4.69) is 24.3 Å². The topological polar surface area (TPSA) is 64.0 Å². The Labute approximate surface area is 143 Å². The van der Waals surface area contributed by atoms with E-state index >= 15 is 0 Å². The van der Waals surface area contributed by atoms with Crippen LogP contribution in [0.3, 0.4) is 0 Å². The van der Waals surface area contributed by atoms with E-state index in [1.54, 1.807) is 10.7 Å². The Morgan fingerprint density at radius 3 is 2.71 bits per heavy atom. The highest BCUT2D eigenvalue weighted by molar-refractivity contribution is 5.81. The van der Waals surface area contributed by atoms with Crippen LogP contribution in [-0.4, -0.2) is 22.2 Å². The first-order chi connectivity index (χ1) is 11.6. The number of fused-ring (bicyclic) bond motifs is 1. The second-order valence-electron chi connectivity index (χ2n) is 6.63. The number of carbonyl (C=O) groups is 1. The van der Waals surface area contributed by atoms with Crippen LogP contribution in [0.15, 0.2) is 35.3 Å². The summed E-state index contributed by atoms with van der Waals surface area (Å²) in [5, 5.41) is 7.60. The lowest BCUT2D eigenvalue weighted by Gasteiger charge is -2.10. The van der Waals surface area contributed by atoms with E-state index in [1.807, 2.05) is 18.2 Å². The minimum absolute atomic E-state index is 0.0708. The molecule has 2 rings (SSSR count). The van der Waals surface area contributed by atoms with E-state index in [4.69, 9.17) is 0 Å². The lowest BCUT2D eigenvalue weighted by Crippen LogP contribution is -2.29. The van der Waals surface area contributed by atoms with Gasteiger partial charge in [-0.05, 0) is 24.5 Å². The van der Waals surface area contributed by atoms with Crippen LogP contribution in [0.2, 0.25) is 0 Å². The van der Waals surface area contributed by atoms with Gasteiger partial charge in [0.2, 0.25) is 11.3 Å². The van der Waals surface area contributed by atoms with Crippen molar-refractivity contribution in [1.29, 1.82) is 0 Å². The van der Waals surface area contributed by atoms with Crippen molar-refractivity contribution >= 4 is 16.8 Å². The summed E-state index contributed by atoms with van der Waals surface area (Å²) < 4.78 is 1.58. The monoisotopic (exact) mass is 329 g/mol. The molecule has 1 amide bonds. The molecule has 0 unspecified atom stereocenters. The van der Waals surface area contributed by atoms with Crippen LogP contribution in [0, 0.1) is 5.92 Å². The summed E-state index contributed by atoms with van der Waals surface area (Å²) in [6.45, 7) is 5.32. The minimum Gasteiger partial charge on any atom is -0.354 e. The molecule has 1 aromatic carbocycles. The standard InChI is InChI=1S/C19H27N3O2/c1-15(2)9-5-3-4-8-12-20-19(24)14-22-17-11-7-6-10-16(17)18(23)13-21-22/h6-7,10-11,13,15H,3-5,8-9,12,14H2,1-2H3,(H,20,24). The quantitative estimate of drug-likeness (QED) is 0.719. The third kappa shape index (κ3) is 5.48. The van der Waals surface area contributed by atoms with Crippen LogP contribution in [0.4, 0.5) is 0 Å². The minimum atomic E-state index is -0.122. The van der Waals surface area contributed by atoms with E-state index < -0.39 is 0 Å². The first kappa shape index (κ1) is 18.2. The highest BCUT2D eigenvalue weighted by Crippen LogP contribution is 2.09. The number of nitrogens with one attached hydrogen (secondary N) is 1. The van der Waals surface area contributed by atoms with Crippen molar-refractivity contribution in [2.24, 2.45) is 5.92 Å². The molecule has 1 aromatic heterocycles. The maximum atomic E-state index is 12.1. The summed E-state index contributed by atoms with van der Waals surface area (Å²) in [5.41, 5.74) is 0.567. The molecule has 5 heteroatoms. The zero-order chi connectivity index (χ0) is 17.4. The van der Waals surface area contributed by atoms with Crippen molar-refractivity contribution in [2.75, 3.05) is 6.54 Å².